The lowest BCUT2D eigenvalue weighted by Crippen LogP contribution is -1.97. The van der Waals surface area contributed by atoms with Crippen LogP contribution in [-0.2, 0) is 11.3 Å². The number of hydrogen-bond acceptors (Lipinski definition) is 4. The highest BCUT2D eigenvalue weighted by Gasteiger charge is 2.00. The predicted molar refractivity (Wildman–Crippen MR) is 69.1 cm³/mol. The van der Waals surface area contributed by atoms with Crippen LogP contribution in [-0.4, -0.2) is 12.1 Å². The molecule has 0 aliphatic rings. The molecule has 0 aliphatic carbocycles. The van der Waals surface area contributed by atoms with Gasteiger partial charge < -0.3 is 15.8 Å². The van der Waals surface area contributed by atoms with Crippen LogP contribution in [0.3, 0.4) is 0 Å². The molecule has 0 bridgehead atoms. The van der Waals surface area contributed by atoms with Crippen molar-refractivity contribution in [3.8, 4) is 0 Å². The van der Waals surface area contributed by atoms with Crippen molar-refractivity contribution >= 4 is 17.1 Å². The smallest absolute Gasteiger partial charge is 0.0739 e. The number of aromatic nitrogens is 1. The summed E-state index contributed by atoms with van der Waals surface area (Å²) in [5, 5.41) is 3.25. The number of pyridine rings is 1. The highest BCUT2D eigenvalue weighted by atomic mass is 16.5. The lowest BCUT2D eigenvalue weighted by Gasteiger charge is -2.09. The van der Waals surface area contributed by atoms with Gasteiger partial charge in [0.15, 0.2) is 0 Å². The number of methoxy groups -OCH3 is 1. The maximum atomic E-state index is 5.82. The Morgan fingerprint density at radius 3 is 3.00 bits per heavy atom. The number of ether oxygens (including phenoxy) is 1. The quantitative estimate of drug-likeness (QED) is 0.845. The molecule has 0 amide bonds. The van der Waals surface area contributed by atoms with E-state index in [0.717, 1.165) is 16.9 Å². The van der Waals surface area contributed by atoms with Crippen LogP contribution in [0.1, 0.15) is 5.56 Å². The molecule has 17 heavy (non-hydrogen) atoms. The summed E-state index contributed by atoms with van der Waals surface area (Å²) in [4.78, 5) is 3.95. The molecule has 2 rings (SSSR count). The summed E-state index contributed by atoms with van der Waals surface area (Å²) in [7, 11) is 1.68. The summed E-state index contributed by atoms with van der Waals surface area (Å²) in [6.45, 7) is 0.599. The number of hydrogen-bond donors (Lipinski definition) is 2. The van der Waals surface area contributed by atoms with Gasteiger partial charge >= 0.3 is 0 Å². The van der Waals surface area contributed by atoms with Gasteiger partial charge in [-0.25, -0.2) is 0 Å². The fraction of sp³-hybridized carbons (Fsp3) is 0.154. The zero-order valence-electron chi connectivity index (χ0n) is 9.68. The molecule has 3 N–H and O–H groups in total. The summed E-state index contributed by atoms with van der Waals surface area (Å²) in [6.07, 6.45) is 3.33. The Morgan fingerprint density at radius 1 is 1.35 bits per heavy atom. The average molecular weight is 229 g/mol. The Labute approximate surface area is 100 Å². The van der Waals surface area contributed by atoms with Crippen LogP contribution < -0.4 is 11.1 Å². The Balaban J connectivity index is 2.18. The molecule has 0 fully saturated rings. The molecule has 0 saturated heterocycles. The number of nitrogens with one attached hydrogen (secondary N) is 1. The maximum absolute atomic E-state index is 5.82. The van der Waals surface area contributed by atoms with Crippen LogP contribution >= 0.6 is 0 Å². The average Bonchev–Trinajstić information content (AvgIpc) is 2.33. The van der Waals surface area contributed by atoms with Crippen LogP contribution in [0.2, 0.25) is 0 Å². The summed E-state index contributed by atoms with van der Waals surface area (Å²) >= 11 is 0. The van der Waals surface area contributed by atoms with Crippen molar-refractivity contribution in [2.75, 3.05) is 18.2 Å². The molecule has 0 atom stereocenters. The zero-order chi connectivity index (χ0) is 12.1. The van der Waals surface area contributed by atoms with E-state index in [4.69, 9.17) is 10.5 Å². The van der Waals surface area contributed by atoms with Gasteiger partial charge in [-0.2, -0.15) is 0 Å². The van der Waals surface area contributed by atoms with Crippen LogP contribution in [0, 0.1) is 0 Å². The zero-order valence-corrected chi connectivity index (χ0v) is 9.68. The van der Waals surface area contributed by atoms with Gasteiger partial charge in [-0.1, -0.05) is 12.1 Å². The summed E-state index contributed by atoms with van der Waals surface area (Å²) < 4.78 is 5.09. The number of nitrogen functional groups attached to an aromatic ring is 1. The van der Waals surface area contributed by atoms with E-state index in [1.54, 1.807) is 19.5 Å². The lowest BCUT2D eigenvalue weighted by molar-refractivity contribution is 0.185. The molecule has 88 valence electrons. The minimum Gasteiger partial charge on any atom is -0.396 e. The van der Waals surface area contributed by atoms with E-state index in [-0.39, 0.29) is 0 Å². The first kappa shape index (κ1) is 11.4. The van der Waals surface area contributed by atoms with Crippen molar-refractivity contribution in [2.45, 2.75) is 6.61 Å². The van der Waals surface area contributed by atoms with E-state index in [1.807, 2.05) is 30.3 Å². The molecular formula is C13H15N3O. The number of anilines is 3. The molecule has 0 unspecified atom stereocenters. The van der Waals surface area contributed by atoms with Gasteiger partial charge in [-0.3, -0.25) is 4.98 Å². The van der Waals surface area contributed by atoms with E-state index in [2.05, 4.69) is 10.3 Å². The molecular weight excluding hydrogens is 214 g/mol. The summed E-state index contributed by atoms with van der Waals surface area (Å²) in [6, 6.07) is 9.86. The van der Waals surface area contributed by atoms with Crippen molar-refractivity contribution < 1.29 is 4.74 Å². The fourth-order valence-electron chi connectivity index (χ4n) is 1.58. The van der Waals surface area contributed by atoms with Crippen molar-refractivity contribution in [3.63, 3.8) is 0 Å². The molecule has 1 heterocycles. The SMILES string of the molecule is COCc1cccc(Nc2ccncc2N)c1. The minimum absolute atomic E-state index is 0.599. The molecule has 0 spiro atoms. The van der Waals surface area contributed by atoms with E-state index >= 15 is 0 Å². The molecule has 4 heteroatoms. The number of nitrogens with zero attached hydrogens (tertiary/aromatic N) is 1. The van der Waals surface area contributed by atoms with E-state index in [9.17, 15) is 0 Å². The Bertz CT molecular complexity index is 500. The van der Waals surface area contributed by atoms with Crippen molar-refractivity contribution in [1.29, 1.82) is 0 Å². The third-order valence-corrected chi connectivity index (χ3v) is 2.37. The molecule has 1 aromatic carbocycles. The van der Waals surface area contributed by atoms with Gasteiger partial charge in [0.1, 0.15) is 0 Å². The van der Waals surface area contributed by atoms with Crippen LogP contribution in [0.5, 0.6) is 0 Å². The molecule has 0 radical (unpaired) electrons. The fourth-order valence-corrected chi connectivity index (χ4v) is 1.58. The molecule has 4 nitrogen and oxygen atoms in total. The molecule has 1 aromatic heterocycles. The highest BCUT2D eigenvalue weighted by molar-refractivity contribution is 5.71. The predicted octanol–water partition coefficient (Wildman–Crippen LogP) is 2.55. The van der Waals surface area contributed by atoms with Crippen molar-refractivity contribution in [2.24, 2.45) is 0 Å². The lowest BCUT2D eigenvalue weighted by atomic mass is 10.2. The van der Waals surface area contributed by atoms with Crippen molar-refractivity contribution in [1.82, 2.24) is 4.98 Å². The second-order valence-electron chi connectivity index (χ2n) is 3.72. The van der Waals surface area contributed by atoms with Crippen LogP contribution in [0.15, 0.2) is 42.7 Å². The second kappa shape index (κ2) is 5.32. The Kier molecular flexibility index (Phi) is 3.57. The monoisotopic (exact) mass is 229 g/mol. The van der Waals surface area contributed by atoms with E-state index in [1.165, 1.54) is 0 Å². The van der Waals surface area contributed by atoms with Crippen LogP contribution in [0.25, 0.3) is 0 Å². The van der Waals surface area contributed by atoms with Crippen LogP contribution in [0.4, 0.5) is 17.1 Å². The standard InChI is InChI=1S/C13H15N3O/c1-17-9-10-3-2-4-11(7-10)16-13-5-6-15-8-12(13)14/h2-8H,9,14H2,1H3,(H,15,16). The first-order valence-corrected chi connectivity index (χ1v) is 5.34. The Morgan fingerprint density at radius 2 is 2.24 bits per heavy atom. The number of benzene rings is 1. The maximum Gasteiger partial charge on any atom is 0.0739 e. The van der Waals surface area contributed by atoms with E-state index in [0.29, 0.717) is 12.3 Å². The largest absolute Gasteiger partial charge is 0.396 e. The second-order valence-corrected chi connectivity index (χ2v) is 3.72. The van der Waals surface area contributed by atoms with Gasteiger partial charge in [0.25, 0.3) is 0 Å². The minimum atomic E-state index is 0.599. The number of rotatable bonds is 4. The third kappa shape index (κ3) is 2.95. The van der Waals surface area contributed by atoms with Gasteiger partial charge in [0.2, 0.25) is 0 Å². The number of nitrogens with two attached hydrogens (primary N) is 1. The van der Waals surface area contributed by atoms with Crippen molar-refractivity contribution in [3.05, 3.63) is 48.3 Å². The molecule has 0 saturated carbocycles. The Hall–Kier alpha value is -2.07. The first-order chi connectivity index (χ1) is 8.29. The normalized spacial score (nSPS) is 10.2. The first-order valence-electron chi connectivity index (χ1n) is 5.34. The summed E-state index contributed by atoms with van der Waals surface area (Å²) in [5.74, 6) is 0. The van der Waals surface area contributed by atoms with E-state index < -0.39 is 0 Å². The summed E-state index contributed by atoms with van der Waals surface area (Å²) in [5.41, 5.74) is 9.40. The van der Waals surface area contributed by atoms with Gasteiger partial charge in [-0.15, -0.1) is 0 Å². The van der Waals surface area contributed by atoms with Gasteiger partial charge in [0.05, 0.1) is 24.2 Å². The topological polar surface area (TPSA) is 60.2 Å². The molecule has 0 aliphatic heterocycles. The highest BCUT2D eigenvalue weighted by Crippen LogP contribution is 2.22. The van der Waals surface area contributed by atoms with Gasteiger partial charge in [-0.05, 0) is 23.8 Å². The third-order valence-electron chi connectivity index (χ3n) is 2.37. The molecule has 2 aromatic rings. The van der Waals surface area contributed by atoms with Gasteiger partial charge in [0, 0.05) is 19.0 Å².